The summed E-state index contributed by atoms with van der Waals surface area (Å²) in [6.07, 6.45) is 0.999. The maximum absolute atomic E-state index is 11.8. The molecule has 0 bridgehead atoms. The fourth-order valence-corrected chi connectivity index (χ4v) is 1.71. The van der Waals surface area contributed by atoms with E-state index in [0.717, 1.165) is 18.7 Å². The molecule has 1 aromatic carbocycles. The van der Waals surface area contributed by atoms with Crippen molar-refractivity contribution in [3.05, 3.63) is 29.8 Å². The maximum Gasteiger partial charge on any atom is 0.317 e. The van der Waals surface area contributed by atoms with Gasteiger partial charge in [-0.2, -0.15) is 0 Å². The van der Waals surface area contributed by atoms with Gasteiger partial charge in [-0.05, 0) is 37.0 Å². The fraction of sp³-hybridized carbons (Fsp3) is 0.562. The van der Waals surface area contributed by atoms with Gasteiger partial charge >= 0.3 is 6.03 Å². The molecule has 4 nitrogen and oxygen atoms in total. The Morgan fingerprint density at radius 1 is 1.40 bits per heavy atom. The highest BCUT2D eigenvalue weighted by molar-refractivity contribution is 5.73. The van der Waals surface area contributed by atoms with E-state index in [4.69, 9.17) is 4.74 Å². The summed E-state index contributed by atoms with van der Waals surface area (Å²) in [5.74, 6) is 1.45. The number of nitrogens with one attached hydrogen (secondary N) is 1. The number of hydrogen-bond donors (Lipinski definition) is 1. The summed E-state index contributed by atoms with van der Waals surface area (Å²) in [6, 6.07) is 7.87. The lowest BCUT2D eigenvalue weighted by Gasteiger charge is -2.18. The van der Waals surface area contributed by atoms with Gasteiger partial charge in [0.15, 0.2) is 0 Å². The Morgan fingerprint density at radius 2 is 2.15 bits per heavy atom. The molecule has 0 unspecified atom stereocenters. The fourth-order valence-electron chi connectivity index (χ4n) is 1.71. The molecule has 0 aliphatic carbocycles. The van der Waals surface area contributed by atoms with Crippen LogP contribution in [-0.2, 0) is 0 Å². The number of hydrogen-bond acceptors (Lipinski definition) is 2. The van der Waals surface area contributed by atoms with Gasteiger partial charge < -0.3 is 15.0 Å². The molecule has 112 valence electrons. The molecule has 0 saturated heterocycles. The minimum atomic E-state index is -0.0431. The summed E-state index contributed by atoms with van der Waals surface area (Å²) < 4.78 is 5.63. The van der Waals surface area contributed by atoms with Crippen LogP contribution >= 0.6 is 0 Å². The summed E-state index contributed by atoms with van der Waals surface area (Å²) in [5.41, 5.74) is 1.17. The third kappa shape index (κ3) is 6.45. The van der Waals surface area contributed by atoms with E-state index in [-0.39, 0.29) is 6.03 Å². The van der Waals surface area contributed by atoms with Crippen LogP contribution in [0.3, 0.4) is 0 Å². The minimum absolute atomic E-state index is 0.0431. The number of ether oxygens (including phenoxy) is 1. The van der Waals surface area contributed by atoms with Crippen LogP contribution in [-0.4, -0.2) is 37.7 Å². The van der Waals surface area contributed by atoms with E-state index in [1.807, 2.05) is 31.2 Å². The molecule has 0 aliphatic heterocycles. The number of carbonyl (C=O) groups is 1. The number of carbonyl (C=O) groups excluding carboxylic acids is 1. The molecular weight excluding hydrogens is 252 g/mol. The number of urea groups is 1. The number of rotatable bonds is 7. The zero-order valence-corrected chi connectivity index (χ0v) is 13.0. The van der Waals surface area contributed by atoms with Crippen molar-refractivity contribution in [2.75, 3.05) is 26.7 Å². The average molecular weight is 278 g/mol. The highest BCUT2D eigenvalue weighted by Crippen LogP contribution is 2.11. The Kier molecular flexibility index (Phi) is 6.91. The van der Waals surface area contributed by atoms with E-state index in [0.29, 0.717) is 19.1 Å². The third-order valence-corrected chi connectivity index (χ3v) is 3.03. The van der Waals surface area contributed by atoms with Crippen LogP contribution in [0, 0.1) is 12.8 Å². The predicted molar refractivity (Wildman–Crippen MR) is 82.2 cm³/mol. The molecule has 1 rings (SSSR count). The number of aryl methyl sites for hydroxylation is 1. The number of likely N-dealkylation sites (N-methyl/N-ethyl adjacent to an activating group) is 1. The van der Waals surface area contributed by atoms with Crippen molar-refractivity contribution in [3.63, 3.8) is 0 Å². The molecule has 1 N–H and O–H groups in total. The first-order valence-corrected chi connectivity index (χ1v) is 7.17. The van der Waals surface area contributed by atoms with Crippen LogP contribution in [0.1, 0.15) is 25.8 Å². The van der Waals surface area contributed by atoms with Crippen LogP contribution < -0.4 is 10.1 Å². The molecule has 0 spiro atoms. The van der Waals surface area contributed by atoms with Crippen LogP contribution in [0.2, 0.25) is 0 Å². The van der Waals surface area contributed by atoms with Gasteiger partial charge in [0.05, 0.1) is 6.54 Å². The van der Waals surface area contributed by atoms with E-state index in [1.54, 1.807) is 11.9 Å². The molecule has 0 heterocycles. The van der Waals surface area contributed by atoms with Crippen molar-refractivity contribution < 1.29 is 9.53 Å². The summed E-state index contributed by atoms with van der Waals surface area (Å²) in [4.78, 5) is 13.4. The first-order chi connectivity index (χ1) is 9.49. The first kappa shape index (κ1) is 16.3. The summed E-state index contributed by atoms with van der Waals surface area (Å²) in [7, 11) is 1.78. The molecule has 1 aromatic rings. The molecule has 0 radical (unpaired) electrons. The lowest BCUT2D eigenvalue weighted by atomic mass is 10.1. The number of amides is 2. The zero-order valence-electron chi connectivity index (χ0n) is 13.0. The molecule has 4 heteroatoms. The predicted octanol–water partition coefficient (Wildman–Crippen LogP) is 3.06. The monoisotopic (exact) mass is 278 g/mol. The van der Waals surface area contributed by atoms with Gasteiger partial charge in [0, 0.05) is 13.6 Å². The van der Waals surface area contributed by atoms with Crippen molar-refractivity contribution in [2.24, 2.45) is 5.92 Å². The van der Waals surface area contributed by atoms with E-state index in [1.165, 1.54) is 5.56 Å². The van der Waals surface area contributed by atoms with Crippen molar-refractivity contribution in [1.29, 1.82) is 0 Å². The number of nitrogens with zero attached hydrogens (tertiary/aromatic N) is 1. The first-order valence-electron chi connectivity index (χ1n) is 7.17. The topological polar surface area (TPSA) is 41.6 Å². The SMILES string of the molecule is Cc1cccc(OCCN(C)C(=O)NCCC(C)C)c1. The van der Waals surface area contributed by atoms with Gasteiger partial charge in [0.2, 0.25) is 0 Å². The van der Waals surface area contributed by atoms with Crippen molar-refractivity contribution in [1.82, 2.24) is 10.2 Å². The maximum atomic E-state index is 11.8. The number of benzene rings is 1. The van der Waals surface area contributed by atoms with E-state index < -0.39 is 0 Å². The molecule has 0 fully saturated rings. The van der Waals surface area contributed by atoms with E-state index in [9.17, 15) is 4.79 Å². The van der Waals surface area contributed by atoms with Crippen molar-refractivity contribution in [3.8, 4) is 5.75 Å². The standard InChI is InChI=1S/C16H26N2O2/c1-13(2)8-9-17-16(19)18(4)10-11-20-15-7-5-6-14(3)12-15/h5-7,12-13H,8-11H2,1-4H3,(H,17,19). The van der Waals surface area contributed by atoms with Gasteiger partial charge in [0.25, 0.3) is 0 Å². The molecule has 0 atom stereocenters. The van der Waals surface area contributed by atoms with Crippen molar-refractivity contribution in [2.45, 2.75) is 27.2 Å². The molecule has 0 aliphatic rings. The second-order valence-electron chi connectivity index (χ2n) is 5.50. The van der Waals surface area contributed by atoms with Crippen molar-refractivity contribution >= 4 is 6.03 Å². The molecule has 2 amide bonds. The Bertz CT molecular complexity index is 419. The second kappa shape index (κ2) is 8.46. The van der Waals surface area contributed by atoms with Gasteiger partial charge in [0.1, 0.15) is 12.4 Å². The minimum Gasteiger partial charge on any atom is -0.492 e. The normalized spacial score (nSPS) is 10.4. The molecule has 20 heavy (non-hydrogen) atoms. The van der Waals surface area contributed by atoms with Crippen LogP contribution in [0.15, 0.2) is 24.3 Å². The van der Waals surface area contributed by atoms with E-state index in [2.05, 4.69) is 19.2 Å². The summed E-state index contributed by atoms with van der Waals surface area (Å²) in [6.45, 7) is 8.11. The Morgan fingerprint density at radius 3 is 2.80 bits per heavy atom. The van der Waals surface area contributed by atoms with E-state index >= 15 is 0 Å². The van der Waals surface area contributed by atoms with Crippen LogP contribution in [0.25, 0.3) is 0 Å². The highest BCUT2D eigenvalue weighted by atomic mass is 16.5. The second-order valence-corrected chi connectivity index (χ2v) is 5.50. The van der Waals surface area contributed by atoms with Gasteiger partial charge in [-0.3, -0.25) is 0 Å². The Labute approximate surface area is 122 Å². The Hall–Kier alpha value is -1.71. The van der Waals surface area contributed by atoms with Crippen LogP contribution in [0.5, 0.6) is 5.75 Å². The molecule has 0 saturated carbocycles. The van der Waals surface area contributed by atoms with Crippen LogP contribution in [0.4, 0.5) is 4.79 Å². The Balaban J connectivity index is 2.22. The summed E-state index contributed by atoms with van der Waals surface area (Å²) >= 11 is 0. The lowest BCUT2D eigenvalue weighted by Crippen LogP contribution is -2.40. The van der Waals surface area contributed by atoms with Gasteiger partial charge in [-0.25, -0.2) is 4.79 Å². The third-order valence-electron chi connectivity index (χ3n) is 3.03. The smallest absolute Gasteiger partial charge is 0.317 e. The zero-order chi connectivity index (χ0) is 15.0. The largest absolute Gasteiger partial charge is 0.492 e. The summed E-state index contributed by atoms with van der Waals surface area (Å²) in [5, 5.41) is 2.90. The molecular formula is C16H26N2O2. The quantitative estimate of drug-likeness (QED) is 0.833. The average Bonchev–Trinajstić information content (AvgIpc) is 2.38. The molecule has 0 aromatic heterocycles. The highest BCUT2D eigenvalue weighted by Gasteiger charge is 2.07. The van der Waals surface area contributed by atoms with Gasteiger partial charge in [-0.15, -0.1) is 0 Å². The lowest BCUT2D eigenvalue weighted by molar-refractivity contribution is 0.195. The van der Waals surface area contributed by atoms with Gasteiger partial charge in [-0.1, -0.05) is 26.0 Å².